The van der Waals surface area contributed by atoms with E-state index in [1.807, 2.05) is 37.4 Å². The van der Waals surface area contributed by atoms with Crippen molar-refractivity contribution in [2.24, 2.45) is 0 Å². The molecule has 20 heavy (non-hydrogen) atoms. The molecule has 0 fully saturated rings. The number of carboxylic acid groups (broad SMARTS) is 1. The van der Waals surface area contributed by atoms with Crippen LogP contribution in [0.3, 0.4) is 0 Å². The Labute approximate surface area is 123 Å². The highest BCUT2D eigenvalue weighted by Gasteiger charge is 2.34. The first kappa shape index (κ1) is 14.9. The van der Waals surface area contributed by atoms with E-state index in [9.17, 15) is 14.7 Å². The van der Waals surface area contributed by atoms with Gasteiger partial charge in [0.2, 0.25) is 5.91 Å². The van der Waals surface area contributed by atoms with E-state index in [1.165, 1.54) is 4.90 Å². The fourth-order valence-electron chi connectivity index (χ4n) is 2.45. The summed E-state index contributed by atoms with van der Waals surface area (Å²) in [6, 6.07) is 6.99. The summed E-state index contributed by atoms with van der Waals surface area (Å²) in [4.78, 5) is 25.3. The maximum Gasteiger partial charge on any atom is 0.326 e. The molecular weight excluding hydrogens is 274 g/mol. The molecule has 4 nitrogen and oxygen atoms in total. The number of aliphatic carboxylic acids is 1. The minimum absolute atomic E-state index is 0.0752. The van der Waals surface area contributed by atoms with Crippen molar-refractivity contribution < 1.29 is 14.7 Å². The van der Waals surface area contributed by atoms with Gasteiger partial charge in [0.1, 0.15) is 6.04 Å². The van der Waals surface area contributed by atoms with Crippen LogP contribution in [0.1, 0.15) is 24.5 Å². The van der Waals surface area contributed by atoms with Crippen LogP contribution in [-0.2, 0) is 22.6 Å². The Morgan fingerprint density at radius 1 is 1.40 bits per heavy atom. The van der Waals surface area contributed by atoms with E-state index in [0.717, 1.165) is 11.1 Å². The summed E-state index contributed by atoms with van der Waals surface area (Å²) < 4.78 is 0. The van der Waals surface area contributed by atoms with Crippen molar-refractivity contribution in [3.8, 4) is 0 Å². The van der Waals surface area contributed by atoms with Gasteiger partial charge in [-0.3, -0.25) is 4.79 Å². The Balaban J connectivity index is 2.22. The summed E-state index contributed by atoms with van der Waals surface area (Å²) in [6.07, 6.45) is 2.73. The molecule has 0 aromatic heterocycles. The Morgan fingerprint density at radius 3 is 2.65 bits per heavy atom. The van der Waals surface area contributed by atoms with Crippen molar-refractivity contribution in [1.29, 1.82) is 0 Å². The molecule has 0 spiro atoms. The summed E-state index contributed by atoms with van der Waals surface area (Å²) in [6.45, 7) is 2.38. The third-order valence-electron chi connectivity index (χ3n) is 3.72. The van der Waals surface area contributed by atoms with E-state index in [4.69, 9.17) is 0 Å². The third-order valence-corrected chi connectivity index (χ3v) is 4.69. The number of hydrogen-bond acceptors (Lipinski definition) is 3. The molecule has 1 aliphatic rings. The van der Waals surface area contributed by atoms with Gasteiger partial charge in [-0.2, -0.15) is 11.8 Å². The molecule has 0 saturated carbocycles. The summed E-state index contributed by atoms with van der Waals surface area (Å²) in [5, 5.41) is 9.58. The molecular formula is C15H19NO3S. The molecule has 1 aromatic carbocycles. The van der Waals surface area contributed by atoms with Crippen LogP contribution >= 0.6 is 11.8 Å². The van der Waals surface area contributed by atoms with Crippen molar-refractivity contribution in [3.05, 3.63) is 35.4 Å². The summed E-state index contributed by atoms with van der Waals surface area (Å²) in [5.74, 6) is -1.00. The number of nitrogens with zero attached hydrogens (tertiary/aromatic N) is 1. The van der Waals surface area contributed by atoms with Crippen LogP contribution in [0.25, 0.3) is 0 Å². The minimum Gasteiger partial charge on any atom is -0.480 e. The first-order valence-corrected chi connectivity index (χ1v) is 7.93. The molecule has 108 valence electrons. The lowest BCUT2D eigenvalue weighted by Crippen LogP contribution is -2.49. The number of amides is 1. The van der Waals surface area contributed by atoms with Gasteiger partial charge in [-0.05, 0) is 17.4 Å². The highest BCUT2D eigenvalue weighted by molar-refractivity contribution is 7.99. The fraction of sp³-hybridized carbons (Fsp3) is 0.467. The molecule has 5 heteroatoms. The summed E-state index contributed by atoms with van der Waals surface area (Å²) in [5.41, 5.74) is 2.08. The molecule has 1 heterocycles. The lowest BCUT2D eigenvalue weighted by Gasteiger charge is -2.35. The molecule has 0 aliphatic carbocycles. The predicted octanol–water partition coefficient (Wildman–Crippen LogP) is 2.17. The SMILES string of the molecule is CSC(C)CC(=O)N1Cc2ccccc2CC1C(=O)O. The number of fused-ring (bicyclic) bond motifs is 1. The highest BCUT2D eigenvalue weighted by Crippen LogP contribution is 2.25. The van der Waals surface area contributed by atoms with Gasteiger partial charge in [0.05, 0.1) is 0 Å². The molecule has 1 amide bonds. The number of hydrogen-bond donors (Lipinski definition) is 1. The zero-order chi connectivity index (χ0) is 14.7. The van der Waals surface area contributed by atoms with E-state index in [1.54, 1.807) is 11.8 Å². The maximum absolute atomic E-state index is 12.3. The second-order valence-corrected chi connectivity index (χ2v) is 6.38. The Hall–Kier alpha value is -1.49. The second-order valence-electron chi connectivity index (χ2n) is 5.10. The number of carbonyl (C=O) groups is 2. The number of thioether (sulfide) groups is 1. The monoisotopic (exact) mass is 293 g/mol. The Bertz CT molecular complexity index is 518. The van der Waals surface area contributed by atoms with E-state index in [2.05, 4.69) is 0 Å². The van der Waals surface area contributed by atoms with Gasteiger partial charge in [-0.15, -0.1) is 0 Å². The molecule has 2 unspecified atom stereocenters. The number of rotatable bonds is 4. The highest BCUT2D eigenvalue weighted by atomic mass is 32.2. The molecule has 1 aliphatic heterocycles. The molecule has 2 rings (SSSR count). The largest absolute Gasteiger partial charge is 0.480 e. The molecule has 1 aromatic rings. The zero-order valence-electron chi connectivity index (χ0n) is 11.7. The van der Waals surface area contributed by atoms with Crippen LogP contribution in [-0.4, -0.2) is 39.4 Å². The Morgan fingerprint density at radius 2 is 2.05 bits per heavy atom. The quantitative estimate of drug-likeness (QED) is 0.924. The number of carbonyl (C=O) groups excluding carboxylic acids is 1. The lowest BCUT2D eigenvalue weighted by molar-refractivity contribution is -0.151. The van der Waals surface area contributed by atoms with Gasteiger partial charge >= 0.3 is 5.97 Å². The van der Waals surface area contributed by atoms with E-state index < -0.39 is 12.0 Å². The maximum atomic E-state index is 12.3. The molecule has 1 N–H and O–H groups in total. The Kier molecular flexibility index (Phi) is 4.70. The smallest absolute Gasteiger partial charge is 0.326 e. The van der Waals surface area contributed by atoms with Crippen LogP contribution in [0.2, 0.25) is 0 Å². The van der Waals surface area contributed by atoms with Gasteiger partial charge in [0, 0.05) is 24.6 Å². The van der Waals surface area contributed by atoms with Crippen LogP contribution in [0.15, 0.2) is 24.3 Å². The topological polar surface area (TPSA) is 57.6 Å². The molecule has 0 radical (unpaired) electrons. The van der Waals surface area contributed by atoms with E-state index in [-0.39, 0.29) is 11.2 Å². The predicted molar refractivity (Wildman–Crippen MR) is 79.7 cm³/mol. The van der Waals surface area contributed by atoms with Crippen LogP contribution in [0.5, 0.6) is 0 Å². The van der Waals surface area contributed by atoms with Crippen molar-refractivity contribution >= 4 is 23.6 Å². The van der Waals surface area contributed by atoms with Crippen molar-refractivity contribution in [2.75, 3.05) is 6.26 Å². The number of carboxylic acids is 1. The van der Waals surface area contributed by atoms with Crippen molar-refractivity contribution in [1.82, 2.24) is 4.90 Å². The summed E-state index contributed by atoms with van der Waals surface area (Å²) >= 11 is 1.62. The molecule has 2 atom stereocenters. The van der Waals surface area contributed by atoms with Crippen LogP contribution in [0, 0.1) is 0 Å². The van der Waals surface area contributed by atoms with E-state index in [0.29, 0.717) is 19.4 Å². The van der Waals surface area contributed by atoms with E-state index >= 15 is 0 Å². The van der Waals surface area contributed by atoms with Crippen molar-refractivity contribution in [2.45, 2.75) is 37.6 Å². The molecule has 0 bridgehead atoms. The average molecular weight is 293 g/mol. The third kappa shape index (κ3) is 3.15. The van der Waals surface area contributed by atoms with Gasteiger partial charge < -0.3 is 10.0 Å². The normalized spacial score (nSPS) is 19.3. The first-order chi connectivity index (χ1) is 9.52. The summed E-state index contributed by atoms with van der Waals surface area (Å²) in [7, 11) is 0. The van der Waals surface area contributed by atoms with Crippen molar-refractivity contribution in [3.63, 3.8) is 0 Å². The number of benzene rings is 1. The lowest BCUT2D eigenvalue weighted by atomic mass is 9.93. The first-order valence-electron chi connectivity index (χ1n) is 6.64. The standard InChI is InChI=1S/C15H19NO3S/c1-10(20-2)7-14(17)16-9-12-6-4-3-5-11(12)8-13(16)15(18)19/h3-6,10,13H,7-9H2,1-2H3,(H,18,19). The molecule has 0 saturated heterocycles. The average Bonchev–Trinajstić information content (AvgIpc) is 2.45. The zero-order valence-corrected chi connectivity index (χ0v) is 12.5. The van der Waals surface area contributed by atoms with Gasteiger partial charge in [-0.25, -0.2) is 4.79 Å². The van der Waals surface area contributed by atoms with Crippen LogP contribution in [0.4, 0.5) is 0 Å². The van der Waals surface area contributed by atoms with Crippen LogP contribution < -0.4 is 0 Å². The van der Waals surface area contributed by atoms with Gasteiger partial charge in [0.15, 0.2) is 0 Å². The fourth-order valence-corrected chi connectivity index (χ4v) is 2.76. The van der Waals surface area contributed by atoms with Gasteiger partial charge in [0.25, 0.3) is 0 Å². The minimum atomic E-state index is -0.926. The van der Waals surface area contributed by atoms with Gasteiger partial charge in [-0.1, -0.05) is 31.2 Å². The second kappa shape index (κ2) is 6.31.